The van der Waals surface area contributed by atoms with Crippen LogP contribution < -0.4 is 0 Å². The molecule has 3 rings (SSSR count). The standard InChI is InChI=1S/C12H16N2O2S/c15-10(12(16)3-1-2-4-12)7-9-8-14-5-6-17-11(14)13-9/h5-6,8,10,15-16H,1-4,7H2. The zero-order valence-electron chi connectivity index (χ0n) is 9.54. The minimum Gasteiger partial charge on any atom is -0.390 e. The average molecular weight is 252 g/mol. The molecule has 0 aromatic carbocycles. The van der Waals surface area contributed by atoms with E-state index < -0.39 is 11.7 Å². The van der Waals surface area contributed by atoms with E-state index in [4.69, 9.17) is 0 Å². The highest BCUT2D eigenvalue weighted by atomic mass is 32.1. The number of hydrogen-bond acceptors (Lipinski definition) is 4. The highest BCUT2D eigenvalue weighted by Crippen LogP contribution is 2.33. The quantitative estimate of drug-likeness (QED) is 0.872. The van der Waals surface area contributed by atoms with Gasteiger partial charge in [-0.2, -0.15) is 0 Å². The minimum atomic E-state index is -0.892. The van der Waals surface area contributed by atoms with Gasteiger partial charge in [0.05, 0.1) is 17.4 Å². The van der Waals surface area contributed by atoms with Crippen molar-refractivity contribution in [3.63, 3.8) is 0 Å². The van der Waals surface area contributed by atoms with Crippen LogP contribution in [0.3, 0.4) is 0 Å². The fourth-order valence-electron chi connectivity index (χ4n) is 2.58. The molecule has 17 heavy (non-hydrogen) atoms. The number of imidazole rings is 1. The van der Waals surface area contributed by atoms with Gasteiger partial charge in [-0.1, -0.05) is 12.8 Å². The van der Waals surface area contributed by atoms with Gasteiger partial charge < -0.3 is 10.2 Å². The maximum Gasteiger partial charge on any atom is 0.193 e. The van der Waals surface area contributed by atoms with Crippen LogP contribution in [0.25, 0.3) is 4.96 Å². The maximum atomic E-state index is 10.3. The first-order valence-electron chi connectivity index (χ1n) is 5.99. The van der Waals surface area contributed by atoms with Gasteiger partial charge in [0.1, 0.15) is 0 Å². The third-order valence-corrected chi connectivity index (χ3v) is 4.41. The third kappa shape index (κ3) is 1.99. The Kier molecular flexibility index (Phi) is 2.69. The van der Waals surface area contributed by atoms with E-state index in [0.717, 1.165) is 23.5 Å². The number of fused-ring (bicyclic) bond motifs is 1. The predicted molar refractivity (Wildman–Crippen MR) is 66.2 cm³/mol. The third-order valence-electron chi connectivity index (χ3n) is 3.64. The lowest BCUT2D eigenvalue weighted by atomic mass is 9.92. The summed E-state index contributed by atoms with van der Waals surface area (Å²) in [6, 6.07) is 0. The molecule has 1 saturated carbocycles. The van der Waals surface area contributed by atoms with Crippen molar-refractivity contribution in [1.82, 2.24) is 9.38 Å². The van der Waals surface area contributed by atoms with Gasteiger partial charge in [-0.05, 0) is 12.8 Å². The van der Waals surface area contributed by atoms with Gasteiger partial charge >= 0.3 is 0 Å². The molecular weight excluding hydrogens is 236 g/mol. The van der Waals surface area contributed by atoms with Gasteiger partial charge in [-0.3, -0.25) is 4.40 Å². The molecule has 4 nitrogen and oxygen atoms in total. The Morgan fingerprint density at radius 1 is 1.47 bits per heavy atom. The summed E-state index contributed by atoms with van der Waals surface area (Å²) in [5, 5.41) is 22.4. The Hall–Kier alpha value is -0.910. The molecule has 2 aromatic rings. The van der Waals surface area contributed by atoms with Gasteiger partial charge in [-0.25, -0.2) is 4.98 Å². The van der Waals surface area contributed by atoms with E-state index in [0.29, 0.717) is 19.3 Å². The van der Waals surface area contributed by atoms with E-state index in [1.54, 1.807) is 11.3 Å². The molecule has 1 unspecified atom stereocenters. The van der Waals surface area contributed by atoms with Crippen LogP contribution in [0, 0.1) is 0 Å². The summed E-state index contributed by atoms with van der Waals surface area (Å²) in [4.78, 5) is 5.36. The fraction of sp³-hybridized carbons (Fsp3) is 0.583. The van der Waals surface area contributed by atoms with Gasteiger partial charge in [0.15, 0.2) is 4.96 Å². The largest absolute Gasteiger partial charge is 0.390 e. The monoisotopic (exact) mass is 252 g/mol. The number of thiazole rings is 1. The normalized spacial score (nSPS) is 21.1. The molecule has 0 amide bonds. The summed E-state index contributed by atoms with van der Waals surface area (Å²) in [5.41, 5.74) is -0.0403. The lowest BCUT2D eigenvalue weighted by molar-refractivity contribution is -0.0692. The van der Waals surface area contributed by atoms with Crippen LogP contribution >= 0.6 is 11.3 Å². The Bertz CT molecular complexity index is 485. The van der Waals surface area contributed by atoms with E-state index >= 15 is 0 Å². The van der Waals surface area contributed by atoms with Gasteiger partial charge in [0, 0.05) is 24.2 Å². The SMILES string of the molecule is OC(Cc1cn2ccsc2n1)C1(O)CCCC1. The van der Waals surface area contributed by atoms with Crippen LogP contribution in [0.5, 0.6) is 0 Å². The molecular formula is C12H16N2O2S. The molecule has 2 heterocycles. The summed E-state index contributed by atoms with van der Waals surface area (Å²) in [7, 11) is 0. The van der Waals surface area contributed by atoms with Gasteiger partial charge in [0.25, 0.3) is 0 Å². The van der Waals surface area contributed by atoms with Crippen molar-refractivity contribution >= 4 is 16.3 Å². The molecule has 0 bridgehead atoms. The number of hydrogen-bond donors (Lipinski definition) is 2. The minimum absolute atomic E-state index is 0.435. The number of aromatic nitrogens is 2. The van der Waals surface area contributed by atoms with Crippen LogP contribution in [0.2, 0.25) is 0 Å². The first kappa shape index (κ1) is 11.2. The van der Waals surface area contributed by atoms with Crippen LogP contribution in [0.1, 0.15) is 31.4 Å². The second-order valence-electron chi connectivity index (χ2n) is 4.86. The van der Waals surface area contributed by atoms with Crippen LogP contribution in [-0.4, -0.2) is 31.3 Å². The summed E-state index contributed by atoms with van der Waals surface area (Å²) in [5.74, 6) is 0. The number of rotatable bonds is 3. The summed E-state index contributed by atoms with van der Waals surface area (Å²) in [6.45, 7) is 0. The summed E-state index contributed by atoms with van der Waals surface area (Å²) < 4.78 is 1.95. The molecule has 5 heteroatoms. The second kappa shape index (κ2) is 4.08. The average Bonchev–Trinajstić information content (AvgIpc) is 2.93. The van der Waals surface area contributed by atoms with E-state index in [1.807, 2.05) is 22.2 Å². The summed E-state index contributed by atoms with van der Waals surface area (Å²) >= 11 is 1.57. The second-order valence-corrected chi connectivity index (χ2v) is 5.73. The van der Waals surface area contributed by atoms with E-state index in [9.17, 15) is 10.2 Å². The number of aliphatic hydroxyl groups excluding tert-OH is 1. The van der Waals surface area contributed by atoms with Crippen molar-refractivity contribution in [1.29, 1.82) is 0 Å². The Labute approximate surface area is 104 Å². The molecule has 0 spiro atoms. The fourth-order valence-corrected chi connectivity index (χ4v) is 3.30. The zero-order valence-corrected chi connectivity index (χ0v) is 10.4. The molecule has 2 N–H and O–H groups in total. The topological polar surface area (TPSA) is 57.8 Å². The highest BCUT2D eigenvalue weighted by molar-refractivity contribution is 7.15. The van der Waals surface area contributed by atoms with Crippen molar-refractivity contribution in [2.45, 2.75) is 43.8 Å². The molecule has 2 aromatic heterocycles. The number of aliphatic hydroxyl groups is 2. The van der Waals surface area contributed by atoms with Crippen LogP contribution in [0.15, 0.2) is 17.8 Å². The Balaban J connectivity index is 1.76. The van der Waals surface area contributed by atoms with E-state index in [1.165, 1.54) is 0 Å². The first-order valence-corrected chi connectivity index (χ1v) is 6.87. The van der Waals surface area contributed by atoms with E-state index in [-0.39, 0.29) is 0 Å². The molecule has 1 aliphatic carbocycles. The lowest BCUT2D eigenvalue weighted by Gasteiger charge is -2.27. The first-order chi connectivity index (χ1) is 8.17. The predicted octanol–water partition coefficient (Wildman–Crippen LogP) is 1.60. The van der Waals surface area contributed by atoms with Crippen molar-refractivity contribution in [3.05, 3.63) is 23.5 Å². The maximum absolute atomic E-state index is 10.3. The van der Waals surface area contributed by atoms with Crippen molar-refractivity contribution in [2.24, 2.45) is 0 Å². The van der Waals surface area contributed by atoms with Crippen LogP contribution in [-0.2, 0) is 6.42 Å². The highest BCUT2D eigenvalue weighted by Gasteiger charge is 2.38. The Morgan fingerprint density at radius 3 is 2.94 bits per heavy atom. The molecule has 0 radical (unpaired) electrons. The molecule has 1 atom stereocenters. The lowest BCUT2D eigenvalue weighted by Crippen LogP contribution is -2.40. The molecule has 1 fully saturated rings. The summed E-state index contributed by atoms with van der Waals surface area (Å²) in [6.07, 6.45) is 7.03. The zero-order chi connectivity index (χ0) is 11.9. The number of nitrogens with zero attached hydrogens (tertiary/aromatic N) is 2. The van der Waals surface area contributed by atoms with Gasteiger partial charge in [-0.15, -0.1) is 11.3 Å². The molecule has 0 aliphatic heterocycles. The Morgan fingerprint density at radius 2 is 2.24 bits per heavy atom. The van der Waals surface area contributed by atoms with Crippen molar-refractivity contribution in [3.8, 4) is 0 Å². The van der Waals surface area contributed by atoms with E-state index in [2.05, 4.69) is 4.98 Å². The van der Waals surface area contributed by atoms with Crippen molar-refractivity contribution < 1.29 is 10.2 Å². The van der Waals surface area contributed by atoms with Crippen LogP contribution in [0.4, 0.5) is 0 Å². The van der Waals surface area contributed by atoms with Crippen molar-refractivity contribution in [2.75, 3.05) is 0 Å². The molecule has 92 valence electrons. The van der Waals surface area contributed by atoms with Gasteiger partial charge in [0.2, 0.25) is 0 Å². The smallest absolute Gasteiger partial charge is 0.193 e. The molecule has 0 saturated heterocycles. The molecule has 1 aliphatic rings.